The van der Waals surface area contributed by atoms with Gasteiger partial charge in [0.05, 0.1) is 0 Å². The second-order valence-electron chi connectivity index (χ2n) is 2.48. The van der Waals surface area contributed by atoms with Gasteiger partial charge in [0.2, 0.25) is 0 Å². The van der Waals surface area contributed by atoms with Crippen LogP contribution in [0, 0.1) is 0 Å². The Kier molecular flexibility index (Phi) is 3.08. The van der Waals surface area contributed by atoms with E-state index in [-0.39, 0.29) is 11.9 Å². The summed E-state index contributed by atoms with van der Waals surface area (Å²) in [4.78, 5) is 4.58. The molecular weight excluding hydrogens is 222 g/mol. The van der Waals surface area contributed by atoms with Crippen molar-refractivity contribution in [2.75, 3.05) is 0 Å². The standard InChI is InChI=1S/C8H10BrNO2/c1-5(12-10)7-3-2-6(9)4-8(7)11/h2-5,11H,10H2,1H3. The Labute approximate surface area is 79.2 Å². The molecule has 0 fully saturated rings. The molecule has 1 aromatic carbocycles. The van der Waals surface area contributed by atoms with Crippen molar-refractivity contribution < 1.29 is 9.94 Å². The lowest BCUT2D eigenvalue weighted by Gasteiger charge is -2.10. The third-order valence-electron chi connectivity index (χ3n) is 1.63. The molecule has 3 nitrogen and oxygen atoms in total. The Bertz CT molecular complexity index is 278. The zero-order valence-electron chi connectivity index (χ0n) is 6.62. The van der Waals surface area contributed by atoms with Gasteiger partial charge in [0.1, 0.15) is 11.9 Å². The highest BCUT2D eigenvalue weighted by atomic mass is 79.9. The van der Waals surface area contributed by atoms with Crippen LogP contribution in [0.5, 0.6) is 5.75 Å². The normalized spacial score (nSPS) is 12.9. The Balaban J connectivity index is 3.01. The molecule has 0 aromatic heterocycles. The van der Waals surface area contributed by atoms with Crippen LogP contribution in [0.15, 0.2) is 22.7 Å². The molecule has 66 valence electrons. The number of rotatable bonds is 2. The van der Waals surface area contributed by atoms with Crippen LogP contribution in [0.2, 0.25) is 0 Å². The first-order chi connectivity index (χ1) is 5.65. The molecule has 0 bridgehead atoms. The lowest BCUT2D eigenvalue weighted by molar-refractivity contribution is 0.0647. The first kappa shape index (κ1) is 9.51. The SMILES string of the molecule is CC(ON)c1ccc(Br)cc1O. The third-order valence-corrected chi connectivity index (χ3v) is 2.13. The summed E-state index contributed by atoms with van der Waals surface area (Å²) in [6.45, 7) is 1.77. The minimum Gasteiger partial charge on any atom is -0.508 e. The van der Waals surface area contributed by atoms with Gasteiger partial charge in [-0.3, -0.25) is 4.84 Å². The van der Waals surface area contributed by atoms with E-state index in [2.05, 4.69) is 20.8 Å². The number of phenols is 1. The predicted octanol–water partition coefficient (Wildman–Crippen LogP) is 2.11. The van der Waals surface area contributed by atoms with E-state index in [4.69, 9.17) is 5.90 Å². The van der Waals surface area contributed by atoms with Gasteiger partial charge in [0, 0.05) is 10.0 Å². The maximum Gasteiger partial charge on any atom is 0.122 e. The largest absolute Gasteiger partial charge is 0.508 e. The van der Waals surface area contributed by atoms with Crippen LogP contribution in [-0.2, 0) is 4.84 Å². The highest BCUT2D eigenvalue weighted by Gasteiger charge is 2.09. The lowest BCUT2D eigenvalue weighted by atomic mass is 10.1. The molecular formula is C8H10BrNO2. The van der Waals surface area contributed by atoms with E-state index in [1.807, 2.05) is 6.07 Å². The van der Waals surface area contributed by atoms with Gasteiger partial charge in [-0.2, -0.15) is 0 Å². The number of aromatic hydroxyl groups is 1. The molecule has 0 heterocycles. The highest BCUT2D eigenvalue weighted by molar-refractivity contribution is 9.10. The highest BCUT2D eigenvalue weighted by Crippen LogP contribution is 2.28. The van der Waals surface area contributed by atoms with Gasteiger partial charge in [0.25, 0.3) is 0 Å². The molecule has 0 radical (unpaired) electrons. The van der Waals surface area contributed by atoms with Crippen molar-refractivity contribution in [3.8, 4) is 5.75 Å². The average Bonchev–Trinajstić information content (AvgIpc) is 2.03. The van der Waals surface area contributed by atoms with E-state index in [1.165, 1.54) is 0 Å². The molecule has 1 atom stereocenters. The predicted molar refractivity (Wildman–Crippen MR) is 49.5 cm³/mol. The fraction of sp³-hybridized carbons (Fsp3) is 0.250. The zero-order chi connectivity index (χ0) is 9.14. The fourth-order valence-electron chi connectivity index (χ4n) is 0.934. The van der Waals surface area contributed by atoms with Gasteiger partial charge < -0.3 is 5.11 Å². The monoisotopic (exact) mass is 231 g/mol. The first-order valence-corrected chi connectivity index (χ1v) is 4.28. The van der Waals surface area contributed by atoms with Crippen molar-refractivity contribution in [3.05, 3.63) is 28.2 Å². The molecule has 0 aliphatic carbocycles. The second-order valence-corrected chi connectivity index (χ2v) is 3.40. The zero-order valence-corrected chi connectivity index (χ0v) is 8.21. The number of hydrogen-bond donors (Lipinski definition) is 2. The number of nitrogens with two attached hydrogens (primary N) is 1. The van der Waals surface area contributed by atoms with Crippen LogP contribution in [0.1, 0.15) is 18.6 Å². The van der Waals surface area contributed by atoms with Crippen molar-refractivity contribution in [1.82, 2.24) is 0 Å². The topological polar surface area (TPSA) is 55.5 Å². The average molecular weight is 232 g/mol. The maximum absolute atomic E-state index is 9.43. The van der Waals surface area contributed by atoms with Gasteiger partial charge in [0.15, 0.2) is 0 Å². The molecule has 3 N–H and O–H groups in total. The van der Waals surface area contributed by atoms with Gasteiger partial charge in [-0.15, -0.1) is 0 Å². The van der Waals surface area contributed by atoms with Gasteiger partial charge >= 0.3 is 0 Å². The van der Waals surface area contributed by atoms with Gasteiger partial charge in [-0.25, -0.2) is 5.90 Å². The third kappa shape index (κ3) is 1.97. The van der Waals surface area contributed by atoms with Crippen LogP contribution >= 0.6 is 15.9 Å². The summed E-state index contributed by atoms with van der Waals surface area (Å²) in [6, 6.07) is 5.19. The van der Waals surface area contributed by atoms with Crippen LogP contribution < -0.4 is 5.90 Å². The van der Waals surface area contributed by atoms with Crippen LogP contribution in [0.4, 0.5) is 0 Å². The molecule has 1 aromatic rings. The van der Waals surface area contributed by atoms with E-state index in [1.54, 1.807) is 19.1 Å². The fourth-order valence-corrected chi connectivity index (χ4v) is 1.28. The molecule has 0 amide bonds. The molecule has 0 saturated carbocycles. The molecule has 1 unspecified atom stereocenters. The lowest BCUT2D eigenvalue weighted by Crippen LogP contribution is -2.05. The molecule has 0 aliphatic rings. The summed E-state index contributed by atoms with van der Waals surface area (Å²) in [5.41, 5.74) is 0.681. The molecule has 4 heteroatoms. The van der Waals surface area contributed by atoms with Gasteiger partial charge in [-0.05, 0) is 19.1 Å². The summed E-state index contributed by atoms with van der Waals surface area (Å²) in [6.07, 6.45) is -0.293. The van der Waals surface area contributed by atoms with E-state index in [0.717, 1.165) is 4.47 Å². The van der Waals surface area contributed by atoms with Crippen LogP contribution in [0.25, 0.3) is 0 Å². The van der Waals surface area contributed by atoms with Gasteiger partial charge in [-0.1, -0.05) is 22.0 Å². The summed E-state index contributed by atoms with van der Waals surface area (Å²) < 4.78 is 0.827. The summed E-state index contributed by atoms with van der Waals surface area (Å²) >= 11 is 3.24. The van der Waals surface area contributed by atoms with E-state index >= 15 is 0 Å². The molecule has 0 spiro atoms. The van der Waals surface area contributed by atoms with Crippen LogP contribution in [0.3, 0.4) is 0 Å². The van der Waals surface area contributed by atoms with Crippen molar-refractivity contribution in [3.63, 3.8) is 0 Å². The number of halogens is 1. The molecule has 0 saturated heterocycles. The Morgan fingerprint density at radius 3 is 2.75 bits per heavy atom. The van der Waals surface area contributed by atoms with Crippen molar-refractivity contribution >= 4 is 15.9 Å². The summed E-state index contributed by atoms with van der Waals surface area (Å²) in [5, 5.41) is 9.43. The minimum atomic E-state index is -0.293. The summed E-state index contributed by atoms with van der Waals surface area (Å²) in [7, 11) is 0. The molecule has 1 rings (SSSR count). The van der Waals surface area contributed by atoms with E-state index < -0.39 is 0 Å². The Morgan fingerprint density at radius 1 is 1.58 bits per heavy atom. The number of phenolic OH excluding ortho intramolecular Hbond substituents is 1. The number of hydrogen-bond acceptors (Lipinski definition) is 3. The first-order valence-electron chi connectivity index (χ1n) is 3.49. The quantitative estimate of drug-likeness (QED) is 0.767. The van der Waals surface area contributed by atoms with Crippen LogP contribution in [-0.4, -0.2) is 5.11 Å². The molecule has 0 aliphatic heterocycles. The maximum atomic E-state index is 9.43. The van der Waals surface area contributed by atoms with E-state index in [0.29, 0.717) is 5.56 Å². The number of benzene rings is 1. The smallest absolute Gasteiger partial charge is 0.122 e. The Hall–Kier alpha value is -0.580. The molecule has 12 heavy (non-hydrogen) atoms. The van der Waals surface area contributed by atoms with Crippen molar-refractivity contribution in [2.24, 2.45) is 5.90 Å². The van der Waals surface area contributed by atoms with Crippen molar-refractivity contribution in [2.45, 2.75) is 13.0 Å². The summed E-state index contributed by atoms with van der Waals surface area (Å²) in [5.74, 6) is 5.17. The Morgan fingerprint density at radius 2 is 2.25 bits per heavy atom. The second kappa shape index (κ2) is 3.89. The van der Waals surface area contributed by atoms with Crippen molar-refractivity contribution in [1.29, 1.82) is 0 Å². The minimum absolute atomic E-state index is 0.183. The van der Waals surface area contributed by atoms with E-state index in [9.17, 15) is 5.11 Å².